The van der Waals surface area contributed by atoms with E-state index in [1.165, 1.54) is 40.9 Å². The van der Waals surface area contributed by atoms with Crippen LogP contribution in [0.25, 0.3) is 5.70 Å². The quantitative estimate of drug-likeness (QED) is 0.286. The van der Waals surface area contributed by atoms with Crippen molar-refractivity contribution in [3.05, 3.63) is 44.6 Å². The van der Waals surface area contributed by atoms with Crippen molar-refractivity contribution in [1.29, 1.82) is 10.5 Å². The van der Waals surface area contributed by atoms with E-state index < -0.39 is 42.3 Å². The molecule has 19 heteroatoms. The number of hydrogen-bond acceptors (Lipinski definition) is 13. The summed E-state index contributed by atoms with van der Waals surface area (Å²) < 4.78 is 55.6. The number of nitrogens with zero attached hydrogens (tertiary/aromatic N) is 10. The molecule has 5 aliphatic rings. The maximum atomic E-state index is 15.5. The van der Waals surface area contributed by atoms with Crippen LogP contribution in [-0.4, -0.2) is 113 Å². The molecule has 2 atom stereocenters. The Kier molecular flexibility index (Phi) is 11.0. The summed E-state index contributed by atoms with van der Waals surface area (Å²) in [6, 6.07) is 4.95. The Morgan fingerprint density at radius 3 is 2.41 bits per heavy atom. The van der Waals surface area contributed by atoms with Crippen LogP contribution in [0.15, 0.2) is 6.58 Å². The van der Waals surface area contributed by atoms with Gasteiger partial charge in [0, 0.05) is 50.1 Å². The molecule has 3 aromatic heterocycles. The van der Waals surface area contributed by atoms with Gasteiger partial charge in [-0.2, -0.15) is 25.6 Å². The fraction of sp³-hybridized carbons (Fsp3) is 0.590. The number of carbonyl (C=O) groups is 1. The molecule has 1 N–H and O–H groups in total. The van der Waals surface area contributed by atoms with Gasteiger partial charge in [0.25, 0.3) is 5.92 Å². The lowest BCUT2D eigenvalue weighted by atomic mass is 9.74. The van der Waals surface area contributed by atoms with E-state index in [1.54, 1.807) is 39.8 Å². The van der Waals surface area contributed by atoms with Gasteiger partial charge in [-0.3, -0.25) is 14.9 Å². The molecular weight excluding hydrogens is 795 g/mol. The van der Waals surface area contributed by atoms with Crippen LogP contribution in [-0.2, 0) is 29.7 Å². The molecule has 1 amide bonds. The number of hydrogen-bond donors (Lipinski definition) is 1. The number of methoxy groups -OCH3 is 1. The zero-order valence-electron chi connectivity index (χ0n) is 33.5. The predicted molar refractivity (Wildman–Crippen MR) is 214 cm³/mol. The van der Waals surface area contributed by atoms with Crippen LogP contribution in [0.3, 0.4) is 0 Å². The fourth-order valence-electron chi connectivity index (χ4n) is 8.62. The van der Waals surface area contributed by atoms with Crippen LogP contribution in [0.1, 0.15) is 79.4 Å². The maximum absolute atomic E-state index is 15.5. The predicted octanol–water partition coefficient (Wildman–Crippen LogP) is 6.57. The molecule has 3 fully saturated rings. The summed E-state index contributed by atoms with van der Waals surface area (Å²) in [7, 11) is 4.87. The minimum atomic E-state index is -3.26. The number of halogens is 4. The molecule has 1 spiro atoms. The molecular formula is C39H47ClF3N11O3S. The van der Waals surface area contributed by atoms with Crippen LogP contribution < -0.4 is 19.9 Å². The number of carbonyl (C=O) groups excluding carboxylic acids is 1. The second-order valence-corrected chi connectivity index (χ2v) is 18.3. The molecule has 4 aliphatic heterocycles. The van der Waals surface area contributed by atoms with Crippen molar-refractivity contribution >= 4 is 51.4 Å². The normalized spacial score (nSPS) is 21.4. The lowest BCUT2D eigenvalue weighted by Gasteiger charge is -2.49. The van der Waals surface area contributed by atoms with E-state index in [2.05, 4.69) is 44.0 Å². The van der Waals surface area contributed by atoms with Crippen LogP contribution in [0.2, 0.25) is 5.02 Å². The number of fused-ring (bicyclic) bond motifs is 4. The second-order valence-electron chi connectivity index (χ2n) is 16.8. The van der Waals surface area contributed by atoms with Crippen molar-refractivity contribution in [2.75, 3.05) is 69.0 Å². The Morgan fingerprint density at radius 2 is 1.79 bits per heavy atom. The van der Waals surface area contributed by atoms with Gasteiger partial charge in [0.2, 0.25) is 0 Å². The summed E-state index contributed by atoms with van der Waals surface area (Å²) in [4.78, 5) is 29.6. The van der Waals surface area contributed by atoms with Gasteiger partial charge in [0.15, 0.2) is 11.6 Å². The average Bonchev–Trinajstić information content (AvgIpc) is 3.92. The number of anilines is 3. The van der Waals surface area contributed by atoms with Gasteiger partial charge in [-0.25, -0.2) is 18.0 Å². The lowest BCUT2D eigenvalue weighted by molar-refractivity contribution is -0.00835. The van der Waals surface area contributed by atoms with Gasteiger partial charge >= 0.3 is 12.1 Å². The molecule has 14 nitrogen and oxygen atoms in total. The van der Waals surface area contributed by atoms with Crippen molar-refractivity contribution in [3.63, 3.8) is 0 Å². The number of aryl methyl sites for hydroxylation is 1. The number of nitrogens with one attached hydrogen (secondary N) is 1. The van der Waals surface area contributed by atoms with E-state index in [-0.39, 0.29) is 40.5 Å². The highest BCUT2D eigenvalue weighted by molar-refractivity contribution is 7.16. The molecule has 0 radical (unpaired) electrons. The SMILES string of the molecule is C=C(c1nn2c(c1Cl)CN(c1nc(OC)nc(N3CC4(CCc5sc(NC(=O)OC(C)(C)C)c(C#N)c54)C3)c1C#N)CC(F)(F)C2)N(C)C.FC1CC2CCCN2C1. The third-order valence-corrected chi connectivity index (χ3v) is 12.8. The van der Waals surface area contributed by atoms with Crippen molar-refractivity contribution in [1.82, 2.24) is 29.5 Å². The van der Waals surface area contributed by atoms with E-state index >= 15 is 8.78 Å². The Morgan fingerprint density at radius 1 is 1.10 bits per heavy atom. The van der Waals surface area contributed by atoms with Gasteiger partial charge in [0.1, 0.15) is 46.7 Å². The molecule has 58 heavy (non-hydrogen) atoms. The van der Waals surface area contributed by atoms with E-state index in [4.69, 9.17) is 21.1 Å². The number of rotatable bonds is 6. The first-order valence-corrected chi connectivity index (χ1v) is 20.3. The third-order valence-electron chi connectivity index (χ3n) is 11.2. The zero-order valence-corrected chi connectivity index (χ0v) is 35.0. The fourth-order valence-corrected chi connectivity index (χ4v) is 10.2. The van der Waals surface area contributed by atoms with Gasteiger partial charge < -0.3 is 24.2 Å². The Bertz CT molecular complexity index is 2190. The summed E-state index contributed by atoms with van der Waals surface area (Å²) in [5.74, 6) is -3.05. The van der Waals surface area contributed by atoms with Crippen molar-refractivity contribution in [2.24, 2.45) is 0 Å². The number of ether oxygens (including phenoxy) is 2. The Balaban J connectivity index is 0.000000496. The summed E-state index contributed by atoms with van der Waals surface area (Å²) in [5, 5.41) is 28.3. The second kappa shape index (κ2) is 15.4. The van der Waals surface area contributed by atoms with Crippen LogP contribution >= 0.6 is 22.9 Å². The van der Waals surface area contributed by atoms with E-state index in [1.807, 2.05) is 4.90 Å². The molecule has 7 heterocycles. The standard InChI is InChI=1S/C32H35ClF2N10O3S.C7H12FN/c1-17(42(5)6)24-23(33)20-12-43(15-32(34,35)16-45(20)41-24)25-19(11-37)26(39-28(38-25)47-7)44-13-31(14-44)9-8-21-22(31)18(10-36)27(49-21)40-29(46)48-30(2,3)4;8-6-4-7-2-1-3-9(7)5-6/h1,8-9,12-16H2,2-7H3,(H,40,46);6-7H,1-5H2. The molecule has 0 aromatic carbocycles. The smallest absolute Gasteiger partial charge is 0.412 e. The highest BCUT2D eigenvalue weighted by Crippen LogP contribution is 2.53. The summed E-state index contributed by atoms with van der Waals surface area (Å²) in [6.07, 6.45) is 3.63. The van der Waals surface area contributed by atoms with Gasteiger partial charge in [-0.1, -0.05) is 18.2 Å². The van der Waals surface area contributed by atoms with E-state index in [9.17, 15) is 19.7 Å². The maximum Gasteiger partial charge on any atom is 0.412 e. The Hall–Kier alpha value is -4.78. The average molecular weight is 842 g/mol. The number of nitriles is 2. The minimum Gasteiger partial charge on any atom is -0.467 e. The first-order valence-electron chi connectivity index (χ1n) is 19.2. The van der Waals surface area contributed by atoms with Gasteiger partial charge in [-0.15, -0.1) is 11.3 Å². The van der Waals surface area contributed by atoms with Crippen LogP contribution in [0, 0.1) is 22.7 Å². The lowest BCUT2D eigenvalue weighted by Crippen LogP contribution is -2.59. The highest BCUT2D eigenvalue weighted by atomic mass is 35.5. The number of aromatic nitrogens is 4. The van der Waals surface area contributed by atoms with Crippen LogP contribution in [0.5, 0.6) is 6.01 Å². The zero-order chi connectivity index (χ0) is 41.9. The molecule has 0 saturated carbocycles. The number of alkyl halides is 3. The molecule has 3 saturated heterocycles. The Labute approximate surface area is 344 Å². The molecule has 2 unspecified atom stereocenters. The molecule has 8 rings (SSSR count). The van der Waals surface area contributed by atoms with Crippen molar-refractivity contribution in [3.8, 4) is 18.1 Å². The molecule has 1 aliphatic carbocycles. The van der Waals surface area contributed by atoms with E-state index in [0.717, 1.165) is 29.8 Å². The number of amides is 1. The first-order chi connectivity index (χ1) is 27.4. The summed E-state index contributed by atoms with van der Waals surface area (Å²) in [6.45, 7) is 10.3. The van der Waals surface area contributed by atoms with Crippen molar-refractivity contribution in [2.45, 2.75) is 95.1 Å². The summed E-state index contributed by atoms with van der Waals surface area (Å²) >= 11 is 8.07. The highest BCUT2D eigenvalue weighted by Gasteiger charge is 2.53. The first kappa shape index (κ1) is 41.4. The summed E-state index contributed by atoms with van der Waals surface area (Å²) in [5.41, 5.74) is 1.21. The topological polar surface area (TPSA) is 152 Å². The van der Waals surface area contributed by atoms with Crippen LogP contribution in [0.4, 0.5) is 34.6 Å². The third kappa shape index (κ3) is 7.86. The largest absolute Gasteiger partial charge is 0.467 e. The van der Waals surface area contributed by atoms with E-state index in [0.29, 0.717) is 54.1 Å². The van der Waals surface area contributed by atoms with Crippen molar-refractivity contribution < 1.29 is 27.4 Å². The van der Waals surface area contributed by atoms with Gasteiger partial charge in [-0.05, 0) is 65.0 Å². The molecule has 0 bridgehead atoms. The molecule has 3 aromatic rings. The minimum absolute atomic E-state index is 0.00443. The number of thiophene rings is 1. The molecule has 310 valence electrons. The van der Waals surface area contributed by atoms with Gasteiger partial charge in [0.05, 0.1) is 42.2 Å². The monoisotopic (exact) mass is 841 g/mol.